The highest BCUT2D eigenvalue weighted by atomic mass is 32.2. The predicted molar refractivity (Wildman–Crippen MR) is 120 cm³/mol. The molecular formula is C23H29N3O4S. The van der Waals surface area contributed by atoms with Crippen molar-refractivity contribution >= 4 is 27.5 Å². The van der Waals surface area contributed by atoms with Gasteiger partial charge in [-0.05, 0) is 62.9 Å². The van der Waals surface area contributed by atoms with E-state index in [1.807, 2.05) is 39.0 Å². The first kappa shape index (κ1) is 23.0. The van der Waals surface area contributed by atoms with Gasteiger partial charge in [0.2, 0.25) is 21.8 Å². The fourth-order valence-electron chi connectivity index (χ4n) is 3.74. The van der Waals surface area contributed by atoms with Crippen LogP contribution in [0, 0.1) is 20.8 Å². The summed E-state index contributed by atoms with van der Waals surface area (Å²) in [7, 11) is -2.26. The molecule has 1 atom stereocenters. The fourth-order valence-corrected chi connectivity index (χ4v) is 5.40. The van der Waals surface area contributed by atoms with Gasteiger partial charge in [-0.25, -0.2) is 8.42 Å². The summed E-state index contributed by atoms with van der Waals surface area (Å²) < 4.78 is 27.4. The molecule has 1 heterocycles. The van der Waals surface area contributed by atoms with E-state index < -0.39 is 16.1 Å². The number of carbonyl (C=O) groups excluding carboxylic acids is 2. The van der Waals surface area contributed by atoms with E-state index in [-0.39, 0.29) is 29.8 Å². The zero-order valence-corrected chi connectivity index (χ0v) is 19.2. The fraction of sp³-hybridized carbons (Fsp3) is 0.391. The number of anilines is 1. The van der Waals surface area contributed by atoms with Crippen molar-refractivity contribution in [3.63, 3.8) is 0 Å². The normalized spacial score (nSPS) is 16.8. The third-order valence-corrected chi connectivity index (χ3v) is 7.67. The lowest BCUT2D eigenvalue weighted by atomic mass is 10.1. The molecule has 2 aromatic carbocycles. The first-order valence-electron chi connectivity index (χ1n) is 10.3. The van der Waals surface area contributed by atoms with E-state index in [1.165, 1.54) is 16.3 Å². The highest BCUT2D eigenvalue weighted by Crippen LogP contribution is 2.27. The molecule has 31 heavy (non-hydrogen) atoms. The van der Waals surface area contributed by atoms with Crippen molar-refractivity contribution in [3.05, 3.63) is 59.2 Å². The van der Waals surface area contributed by atoms with E-state index in [1.54, 1.807) is 24.3 Å². The third-order valence-electron chi connectivity index (χ3n) is 5.75. The largest absolute Gasteiger partial charge is 0.335 e. The van der Waals surface area contributed by atoms with Crippen molar-refractivity contribution in [2.45, 2.75) is 44.6 Å². The lowest BCUT2D eigenvalue weighted by Gasteiger charge is -2.27. The molecule has 166 valence electrons. The molecule has 1 saturated heterocycles. The number of carbonyl (C=O) groups is 2. The molecule has 0 aromatic heterocycles. The van der Waals surface area contributed by atoms with Gasteiger partial charge in [0.05, 0.1) is 11.4 Å². The highest BCUT2D eigenvalue weighted by molar-refractivity contribution is 7.89. The number of hydrogen-bond donors (Lipinski definition) is 1. The summed E-state index contributed by atoms with van der Waals surface area (Å²) in [5.74, 6) is -0.695. The number of hydrogen-bond acceptors (Lipinski definition) is 4. The van der Waals surface area contributed by atoms with Crippen LogP contribution in [-0.2, 0) is 19.6 Å². The van der Waals surface area contributed by atoms with Crippen LogP contribution < -0.4 is 5.32 Å². The van der Waals surface area contributed by atoms with Gasteiger partial charge < -0.3 is 10.2 Å². The number of nitrogens with zero attached hydrogens (tertiary/aromatic N) is 2. The summed E-state index contributed by atoms with van der Waals surface area (Å²) in [6, 6.07) is 11.4. The summed E-state index contributed by atoms with van der Waals surface area (Å²) in [6.07, 6.45) is 1.04. The van der Waals surface area contributed by atoms with Crippen LogP contribution in [0.2, 0.25) is 0 Å². The van der Waals surface area contributed by atoms with Crippen LogP contribution in [0.4, 0.5) is 5.69 Å². The number of likely N-dealkylation sites (N-methyl/N-ethyl adjacent to an activating group) is 1. The lowest BCUT2D eigenvalue weighted by molar-refractivity contribution is -0.136. The van der Waals surface area contributed by atoms with E-state index in [0.29, 0.717) is 18.5 Å². The molecule has 0 unspecified atom stereocenters. The second-order valence-electron chi connectivity index (χ2n) is 8.08. The van der Waals surface area contributed by atoms with Gasteiger partial charge in [0.1, 0.15) is 6.04 Å². The van der Waals surface area contributed by atoms with Gasteiger partial charge in [-0.1, -0.05) is 29.8 Å². The maximum absolute atomic E-state index is 13.1. The minimum Gasteiger partial charge on any atom is -0.335 e. The Morgan fingerprint density at radius 1 is 1.10 bits per heavy atom. The van der Waals surface area contributed by atoms with Crippen molar-refractivity contribution < 1.29 is 18.0 Å². The Hall–Kier alpha value is -2.71. The van der Waals surface area contributed by atoms with Crippen LogP contribution in [0.1, 0.15) is 29.5 Å². The summed E-state index contributed by atoms with van der Waals surface area (Å²) in [4.78, 5) is 27.0. The molecule has 0 saturated carbocycles. The first-order chi connectivity index (χ1) is 14.6. The second-order valence-corrected chi connectivity index (χ2v) is 9.97. The maximum atomic E-state index is 13.1. The molecule has 1 N–H and O–H groups in total. The van der Waals surface area contributed by atoms with Crippen LogP contribution >= 0.6 is 0 Å². The number of nitrogens with one attached hydrogen (secondary N) is 1. The molecule has 8 heteroatoms. The molecule has 0 aliphatic carbocycles. The van der Waals surface area contributed by atoms with E-state index in [2.05, 4.69) is 5.32 Å². The van der Waals surface area contributed by atoms with Crippen molar-refractivity contribution in [1.29, 1.82) is 0 Å². The smallest absolute Gasteiger partial charge is 0.243 e. The monoisotopic (exact) mass is 443 g/mol. The van der Waals surface area contributed by atoms with Crippen molar-refractivity contribution in [3.8, 4) is 0 Å². The van der Waals surface area contributed by atoms with Crippen molar-refractivity contribution in [2.75, 3.05) is 25.5 Å². The Morgan fingerprint density at radius 2 is 1.77 bits per heavy atom. The molecule has 1 fully saturated rings. The second kappa shape index (κ2) is 9.20. The SMILES string of the molecule is Cc1ccc(S(=O)(=O)N2CCC[C@H]2C(=O)N(C)CC(=O)Nc2cccc(C)c2C)cc1. The van der Waals surface area contributed by atoms with Crippen molar-refractivity contribution in [1.82, 2.24) is 9.21 Å². The van der Waals surface area contributed by atoms with Gasteiger partial charge in [0.15, 0.2) is 0 Å². The third kappa shape index (κ3) is 4.97. The first-order valence-corrected chi connectivity index (χ1v) is 11.7. The minimum atomic E-state index is -3.79. The van der Waals surface area contributed by atoms with E-state index in [0.717, 1.165) is 16.7 Å². The number of aryl methyl sites for hydroxylation is 2. The molecule has 3 rings (SSSR count). The zero-order valence-electron chi connectivity index (χ0n) is 18.4. The quantitative estimate of drug-likeness (QED) is 0.744. The average molecular weight is 444 g/mol. The Bertz CT molecular complexity index is 1080. The van der Waals surface area contributed by atoms with Gasteiger partial charge in [-0.3, -0.25) is 9.59 Å². The van der Waals surface area contributed by atoms with Crippen LogP contribution in [0.5, 0.6) is 0 Å². The molecular weight excluding hydrogens is 414 g/mol. The standard InChI is InChI=1S/C23H29N3O4S/c1-16-10-12-19(13-11-16)31(29,30)26-14-6-9-21(26)23(28)25(4)15-22(27)24-20-8-5-7-17(2)18(20)3/h5,7-8,10-13,21H,6,9,14-15H2,1-4H3,(H,24,27)/t21-/m0/s1. The molecule has 0 bridgehead atoms. The topological polar surface area (TPSA) is 86.8 Å². The number of sulfonamides is 1. The van der Waals surface area contributed by atoms with Crippen LogP contribution in [-0.4, -0.2) is 55.6 Å². The molecule has 2 amide bonds. The maximum Gasteiger partial charge on any atom is 0.243 e. The molecule has 2 aromatic rings. The van der Waals surface area contributed by atoms with Crippen LogP contribution in [0.3, 0.4) is 0 Å². The molecule has 7 nitrogen and oxygen atoms in total. The van der Waals surface area contributed by atoms with Gasteiger partial charge in [0, 0.05) is 19.3 Å². The molecule has 1 aliphatic heterocycles. The molecule has 0 radical (unpaired) electrons. The Kier molecular flexibility index (Phi) is 6.81. The zero-order chi connectivity index (χ0) is 22.8. The Labute approximate surface area is 184 Å². The summed E-state index contributed by atoms with van der Waals surface area (Å²) in [5.41, 5.74) is 3.69. The van der Waals surface area contributed by atoms with E-state index in [9.17, 15) is 18.0 Å². The predicted octanol–water partition coefficient (Wildman–Crippen LogP) is 2.86. The number of amides is 2. The van der Waals surface area contributed by atoms with Gasteiger partial charge >= 0.3 is 0 Å². The summed E-state index contributed by atoms with van der Waals surface area (Å²) in [5, 5.41) is 2.84. The van der Waals surface area contributed by atoms with Crippen molar-refractivity contribution in [2.24, 2.45) is 0 Å². The molecule has 1 aliphatic rings. The number of benzene rings is 2. The summed E-state index contributed by atoms with van der Waals surface area (Å²) >= 11 is 0. The Balaban J connectivity index is 1.70. The van der Waals surface area contributed by atoms with Gasteiger partial charge in [-0.15, -0.1) is 0 Å². The van der Waals surface area contributed by atoms with Gasteiger partial charge in [-0.2, -0.15) is 4.31 Å². The van der Waals surface area contributed by atoms with Crippen LogP contribution in [0.25, 0.3) is 0 Å². The van der Waals surface area contributed by atoms with Crippen LogP contribution in [0.15, 0.2) is 47.4 Å². The van der Waals surface area contributed by atoms with Gasteiger partial charge in [0.25, 0.3) is 0 Å². The highest BCUT2D eigenvalue weighted by Gasteiger charge is 2.40. The lowest BCUT2D eigenvalue weighted by Crippen LogP contribution is -2.48. The van der Waals surface area contributed by atoms with E-state index in [4.69, 9.17) is 0 Å². The Morgan fingerprint density at radius 3 is 2.45 bits per heavy atom. The van der Waals surface area contributed by atoms with E-state index >= 15 is 0 Å². The summed E-state index contributed by atoms with van der Waals surface area (Å²) in [6.45, 7) is 5.91. The number of rotatable bonds is 6. The minimum absolute atomic E-state index is 0.152. The average Bonchev–Trinajstić information content (AvgIpc) is 3.22. The molecule has 0 spiro atoms.